The number of hydrogen-bond acceptors (Lipinski definition) is 0. The molecule has 0 saturated heterocycles. The van der Waals surface area contributed by atoms with E-state index in [0.717, 1.165) is 0 Å². The molecule has 0 saturated carbocycles. The van der Waals surface area contributed by atoms with Gasteiger partial charge in [-0.1, -0.05) is 48.0 Å². The highest BCUT2D eigenvalue weighted by Crippen LogP contribution is 2.14. The van der Waals surface area contributed by atoms with Gasteiger partial charge in [0.25, 0.3) is 0 Å². The van der Waals surface area contributed by atoms with Crippen LogP contribution in [-0.4, -0.2) is 11.4 Å². The molecule has 78 valence electrons. The normalized spacial score (nSPS) is 9.33. The number of halogens is 3. The van der Waals surface area contributed by atoms with Gasteiger partial charge in [-0.05, 0) is 17.7 Å². The highest BCUT2D eigenvalue weighted by molar-refractivity contribution is 7.54. The van der Waals surface area contributed by atoms with E-state index in [9.17, 15) is 0 Å². The molecule has 0 aliphatic heterocycles. The zero-order valence-corrected chi connectivity index (χ0v) is 11.7. The molecule has 0 aliphatic rings. The van der Waals surface area contributed by atoms with Gasteiger partial charge in [0.1, 0.15) is 0 Å². The van der Waals surface area contributed by atoms with E-state index in [0.29, 0.717) is 0 Å². The van der Waals surface area contributed by atoms with Crippen LogP contribution in [0.5, 0.6) is 0 Å². The van der Waals surface area contributed by atoms with E-state index in [-0.39, 0.29) is 0 Å². The second-order valence-electron chi connectivity index (χ2n) is 3.10. The molecule has 0 bridgehead atoms. The lowest BCUT2D eigenvalue weighted by Crippen LogP contribution is -1.73. The van der Waals surface area contributed by atoms with Crippen LogP contribution in [0, 0.1) is 6.92 Å². The fourth-order valence-electron chi connectivity index (χ4n) is 1.31. The van der Waals surface area contributed by atoms with Gasteiger partial charge in [0, 0.05) is 0 Å². The molecular formula is C11H10AlCl3. The predicted octanol–water partition coefficient (Wildman–Crippen LogP) is 4.84. The summed E-state index contributed by atoms with van der Waals surface area (Å²) in [5.74, 6) is 0. The molecule has 0 amide bonds. The molecule has 2 rings (SSSR count). The van der Waals surface area contributed by atoms with Crippen LogP contribution in [0.15, 0.2) is 42.5 Å². The summed E-state index contributed by atoms with van der Waals surface area (Å²) in [5, 5.41) is 2.64. The van der Waals surface area contributed by atoms with Crippen LogP contribution < -0.4 is 0 Å². The van der Waals surface area contributed by atoms with Gasteiger partial charge in [0.15, 0.2) is 0 Å². The third-order valence-corrected chi connectivity index (χ3v) is 1.90. The van der Waals surface area contributed by atoms with Crippen molar-refractivity contribution in [3.05, 3.63) is 48.0 Å². The Kier molecular flexibility index (Phi) is 5.82. The van der Waals surface area contributed by atoms with Crippen LogP contribution in [0.1, 0.15) is 5.56 Å². The highest BCUT2D eigenvalue weighted by atomic mass is 35.8. The molecule has 0 aliphatic carbocycles. The predicted molar refractivity (Wildman–Crippen MR) is 72.0 cm³/mol. The zero-order valence-electron chi connectivity index (χ0n) is 8.25. The first-order valence-corrected chi connectivity index (χ1v) is 9.71. The van der Waals surface area contributed by atoms with E-state index < -0.39 is 11.4 Å². The zero-order chi connectivity index (χ0) is 11.3. The number of hydrogen-bond donors (Lipinski definition) is 0. The summed E-state index contributed by atoms with van der Waals surface area (Å²) >= 11 is -1.72. The van der Waals surface area contributed by atoms with Crippen molar-refractivity contribution in [3.8, 4) is 0 Å². The van der Waals surface area contributed by atoms with Crippen molar-refractivity contribution in [2.24, 2.45) is 0 Å². The van der Waals surface area contributed by atoms with Crippen LogP contribution in [-0.2, 0) is 0 Å². The molecule has 0 atom stereocenters. The maximum atomic E-state index is 4.94. The fraction of sp³-hybridized carbons (Fsp3) is 0.0909. The minimum atomic E-state index is -1.72. The van der Waals surface area contributed by atoms with Gasteiger partial charge >= 0.3 is 11.4 Å². The third-order valence-electron chi connectivity index (χ3n) is 1.90. The Morgan fingerprint density at radius 2 is 1.40 bits per heavy atom. The number of aryl methyl sites for hydroxylation is 1. The average molecular weight is 276 g/mol. The first-order chi connectivity index (χ1) is 7.09. The Hall–Kier alpha value is 0.102. The highest BCUT2D eigenvalue weighted by Gasteiger charge is 2.00. The van der Waals surface area contributed by atoms with E-state index in [1.165, 1.54) is 16.3 Å². The van der Waals surface area contributed by atoms with Gasteiger partial charge in [-0.3, -0.25) is 0 Å². The summed E-state index contributed by atoms with van der Waals surface area (Å²) in [6, 6.07) is 14.9. The number of benzene rings is 2. The first kappa shape index (κ1) is 13.2. The molecule has 0 radical (unpaired) electrons. The summed E-state index contributed by atoms with van der Waals surface area (Å²) in [7, 11) is 14.8. The van der Waals surface area contributed by atoms with Gasteiger partial charge in [-0.2, -0.15) is 0 Å². The molecule has 0 heterocycles. The average Bonchev–Trinajstić information content (AvgIpc) is 2.16. The summed E-state index contributed by atoms with van der Waals surface area (Å²) in [4.78, 5) is 0. The summed E-state index contributed by atoms with van der Waals surface area (Å²) in [5.41, 5.74) is 1.32. The largest absolute Gasteiger partial charge is 0.643 e. The molecule has 0 N–H and O–H groups in total. The third kappa shape index (κ3) is 5.11. The summed E-state index contributed by atoms with van der Waals surface area (Å²) in [6.45, 7) is 2.12. The Morgan fingerprint density at radius 1 is 0.867 bits per heavy atom. The summed E-state index contributed by atoms with van der Waals surface area (Å²) in [6.07, 6.45) is 0. The maximum Gasteiger partial charge on any atom is 0.643 e. The van der Waals surface area contributed by atoms with Crippen LogP contribution in [0.25, 0.3) is 10.8 Å². The van der Waals surface area contributed by atoms with Crippen molar-refractivity contribution in [3.63, 3.8) is 0 Å². The molecule has 0 nitrogen and oxygen atoms in total. The van der Waals surface area contributed by atoms with E-state index in [1.807, 2.05) is 0 Å². The molecule has 0 spiro atoms. The van der Waals surface area contributed by atoms with Gasteiger partial charge in [0.05, 0.1) is 0 Å². The smallest absolute Gasteiger partial charge is 0.214 e. The Bertz CT molecular complexity index is 426. The standard InChI is InChI=1S/C11H10.Al.3ClH/c1-9-6-7-10-4-2-3-5-11(10)8-9;;;;/h2-8H,1H3;;3*1H/q;+3;;;/p-3. The number of fused-ring (bicyclic) bond motifs is 1. The Labute approximate surface area is 107 Å². The fourth-order valence-corrected chi connectivity index (χ4v) is 1.31. The van der Waals surface area contributed by atoms with Crippen LogP contribution >= 0.6 is 30.1 Å². The SMILES string of the molecule is Cc1ccc2ccccc2c1.[Cl][Al]([Cl])[Cl]. The minimum Gasteiger partial charge on any atom is -0.214 e. The van der Waals surface area contributed by atoms with Crippen molar-refractivity contribution >= 4 is 52.3 Å². The van der Waals surface area contributed by atoms with Gasteiger partial charge in [0.2, 0.25) is 0 Å². The summed E-state index contributed by atoms with van der Waals surface area (Å²) < 4.78 is 0. The second-order valence-corrected chi connectivity index (χ2v) is 9.53. The topological polar surface area (TPSA) is 0 Å². The van der Waals surface area contributed by atoms with E-state index >= 15 is 0 Å². The lowest BCUT2D eigenvalue weighted by molar-refractivity contribution is 1.51. The minimum absolute atomic E-state index is 1.32. The van der Waals surface area contributed by atoms with Crippen molar-refractivity contribution in [2.75, 3.05) is 0 Å². The Balaban J connectivity index is 0.000000245. The van der Waals surface area contributed by atoms with Crippen molar-refractivity contribution in [2.45, 2.75) is 6.92 Å². The van der Waals surface area contributed by atoms with E-state index in [4.69, 9.17) is 30.1 Å². The molecule has 0 unspecified atom stereocenters. The van der Waals surface area contributed by atoms with Crippen LogP contribution in [0.2, 0.25) is 0 Å². The number of rotatable bonds is 0. The van der Waals surface area contributed by atoms with Gasteiger partial charge in [-0.15, -0.1) is 0 Å². The molecule has 0 aromatic heterocycles. The van der Waals surface area contributed by atoms with Crippen molar-refractivity contribution in [1.29, 1.82) is 0 Å². The second kappa shape index (κ2) is 6.63. The van der Waals surface area contributed by atoms with Crippen molar-refractivity contribution in [1.82, 2.24) is 0 Å². The van der Waals surface area contributed by atoms with E-state index in [2.05, 4.69) is 49.4 Å². The first-order valence-electron chi connectivity index (χ1n) is 4.47. The van der Waals surface area contributed by atoms with Crippen LogP contribution in [0.3, 0.4) is 0 Å². The van der Waals surface area contributed by atoms with Gasteiger partial charge in [-0.25, -0.2) is 30.1 Å². The molecular weight excluding hydrogens is 265 g/mol. The van der Waals surface area contributed by atoms with Crippen LogP contribution in [0.4, 0.5) is 0 Å². The lowest BCUT2D eigenvalue weighted by atomic mass is 10.1. The monoisotopic (exact) mass is 274 g/mol. The van der Waals surface area contributed by atoms with E-state index in [1.54, 1.807) is 0 Å². The maximum absolute atomic E-state index is 4.94. The molecule has 2 aromatic rings. The van der Waals surface area contributed by atoms with Gasteiger partial charge < -0.3 is 0 Å². The molecule has 2 aromatic carbocycles. The molecule has 15 heavy (non-hydrogen) atoms. The Morgan fingerprint density at radius 3 is 2.00 bits per heavy atom. The molecule has 0 fully saturated rings. The quantitative estimate of drug-likeness (QED) is 0.604. The van der Waals surface area contributed by atoms with Crippen molar-refractivity contribution < 1.29 is 0 Å². The molecule has 4 heteroatoms. The lowest BCUT2D eigenvalue weighted by Gasteiger charge is -1.96.